The Morgan fingerprint density at radius 1 is 0.909 bits per heavy atom. The number of anilines is 4. The lowest BCUT2D eigenvalue weighted by Crippen LogP contribution is -2.13. The molecule has 0 amide bonds. The van der Waals surface area contributed by atoms with Crippen LogP contribution in [0.15, 0.2) is 54.7 Å². The van der Waals surface area contributed by atoms with Crippen LogP contribution in [0.1, 0.15) is 50.7 Å². The molecule has 3 rings (SSSR count). The van der Waals surface area contributed by atoms with Gasteiger partial charge >= 0.3 is 6.18 Å². The second-order valence-electron chi connectivity index (χ2n) is 7.66. The van der Waals surface area contributed by atoms with Crippen LogP contribution >= 0.6 is 0 Å². The fourth-order valence-corrected chi connectivity index (χ4v) is 3.23. The van der Waals surface area contributed by atoms with Crippen LogP contribution in [0, 0.1) is 0 Å². The van der Waals surface area contributed by atoms with Gasteiger partial charge in [-0.15, -0.1) is 0 Å². The van der Waals surface area contributed by atoms with Crippen LogP contribution in [0.5, 0.6) is 5.75 Å². The summed E-state index contributed by atoms with van der Waals surface area (Å²) in [5, 5.41) is 5.78. The maximum atomic E-state index is 13.6. The van der Waals surface area contributed by atoms with Crippen LogP contribution in [0.3, 0.4) is 0 Å². The standard InChI is InChI=1S/C25H29F3N4O/c1-3-5-6-9-16-33-22-11-8-7-10-21(22)31-23-20(25(26,27)28)17-29-24(32-23)30-19-14-12-18(4-2)13-15-19/h7-8,10-15,17H,3-6,9,16H2,1-2H3,(H2,29,30,31,32). The van der Waals surface area contributed by atoms with Crippen molar-refractivity contribution in [3.8, 4) is 5.75 Å². The fourth-order valence-electron chi connectivity index (χ4n) is 3.23. The molecule has 0 saturated carbocycles. The Morgan fingerprint density at radius 3 is 2.36 bits per heavy atom. The van der Waals surface area contributed by atoms with Gasteiger partial charge in [0.1, 0.15) is 17.1 Å². The van der Waals surface area contributed by atoms with E-state index >= 15 is 0 Å². The van der Waals surface area contributed by atoms with Crippen molar-refractivity contribution in [3.05, 3.63) is 65.9 Å². The van der Waals surface area contributed by atoms with Crippen LogP contribution in [-0.4, -0.2) is 16.6 Å². The van der Waals surface area contributed by atoms with Crippen molar-refractivity contribution in [1.29, 1.82) is 0 Å². The number of ether oxygens (including phenoxy) is 1. The first-order chi connectivity index (χ1) is 15.9. The zero-order chi connectivity index (χ0) is 23.7. The smallest absolute Gasteiger partial charge is 0.421 e. The first-order valence-electron chi connectivity index (χ1n) is 11.2. The van der Waals surface area contributed by atoms with Gasteiger partial charge in [-0.05, 0) is 42.7 Å². The highest BCUT2D eigenvalue weighted by Gasteiger charge is 2.35. The first kappa shape index (κ1) is 24.4. The fraction of sp³-hybridized carbons (Fsp3) is 0.360. The van der Waals surface area contributed by atoms with E-state index in [1.54, 1.807) is 24.3 Å². The highest BCUT2D eigenvalue weighted by atomic mass is 19.4. The van der Waals surface area contributed by atoms with Crippen LogP contribution in [0.2, 0.25) is 0 Å². The van der Waals surface area contributed by atoms with Crippen molar-refractivity contribution in [1.82, 2.24) is 9.97 Å². The number of aromatic nitrogens is 2. The molecule has 33 heavy (non-hydrogen) atoms. The minimum Gasteiger partial charge on any atom is -0.491 e. The van der Waals surface area contributed by atoms with Crippen LogP contribution in [0.4, 0.5) is 36.3 Å². The predicted octanol–water partition coefficient (Wildman–Crippen LogP) is 7.50. The second-order valence-corrected chi connectivity index (χ2v) is 7.66. The average molecular weight is 459 g/mol. The van der Waals surface area contributed by atoms with E-state index in [0.29, 0.717) is 23.7 Å². The molecule has 0 unspecified atom stereocenters. The second kappa shape index (κ2) is 11.5. The molecular weight excluding hydrogens is 429 g/mol. The van der Waals surface area contributed by atoms with Gasteiger partial charge in [0.15, 0.2) is 0 Å². The molecule has 0 spiro atoms. The third-order valence-corrected chi connectivity index (χ3v) is 5.11. The number of alkyl halides is 3. The number of para-hydroxylation sites is 2. The lowest BCUT2D eigenvalue weighted by atomic mass is 10.1. The minimum absolute atomic E-state index is 0.0627. The van der Waals surface area contributed by atoms with Gasteiger partial charge in [0, 0.05) is 11.9 Å². The van der Waals surface area contributed by atoms with E-state index in [4.69, 9.17) is 4.74 Å². The van der Waals surface area contributed by atoms with Crippen molar-refractivity contribution in [2.75, 3.05) is 17.2 Å². The summed E-state index contributed by atoms with van der Waals surface area (Å²) in [5.74, 6) is 0.199. The van der Waals surface area contributed by atoms with Crippen LogP contribution < -0.4 is 15.4 Å². The van der Waals surface area contributed by atoms with Crippen molar-refractivity contribution in [2.24, 2.45) is 0 Å². The van der Waals surface area contributed by atoms with E-state index in [0.717, 1.165) is 43.9 Å². The maximum Gasteiger partial charge on any atom is 0.421 e. The predicted molar refractivity (Wildman–Crippen MR) is 125 cm³/mol. The maximum absolute atomic E-state index is 13.6. The molecule has 2 aromatic carbocycles. The number of benzene rings is 2. The van der Waals surface area contributed by atoms with Crippen molar-refractivity contribution in [3.63, 3.8) is 0 Å². The molecular formula is C25H29F3N4O. The normalized spacial score (nSPS) is 11.3. The lowest BCUT2D eigenvalue weighted by molar-refractivity contribution is -0.137. The van der Waals surface area contributed by atoms with E-state index in [2.05, 4.69) is 27.5 Å². The number of unbranched alkanes of at least 4 members (excludes halogenated alkanes) is 3. The zero-order valence-corrected chi connectivity index (χ0v) is 18.9. The Morgan fingerprint density at radius 2 is 1.67 bits per heavy atom. The molecule has 0 saturated heterocycles. The average Bonchev–Trinajstić information content (AvgIpc) is 2.80. The monoisotopic (exact) mass is 458 g/mol. The summed E-state index contributed by atoms with van der Waals surface area (Å²) in [7, 11) is 0. The van der Waals surface area contributed by atoms with E-state index in [1.807, 2.05) is 31.2 Å². The molecule has 0 aliphatic heterocycles. The third kappa shape index (κ3) is 7.10. The molecule has 0 atom stereocenters. The number of hydrogen-bond acceptors (Lipinski definition) is 5. The topological polar surface area (TPSA) is 59.1 Å². The molecule has 0 aliphatic carbocycles. The quantitative estimate of drug-likeness (QED) is 0.291. The number of hydrogen-bond donors (Lipinski definition) is 2. The molecule has 0 aliphatic rings. The van der Waals surface area contributed by atoms with E-state index in [9.17, 15) is 13.2 Å². The molecule has 8 heteroatoms. The Hall–Kier alpha value is -3.29. The Bertz CT molecular complexity index is 1020. The molecule has 0 bridgehead atoms. The van der Waals surface area contributed by atoms with Gasteiger partial charge in [-0.3, -0.25) is 0 Å². The first-order valence-corrected chi connectivity index (χ1v) is 11.2. The third-order valence-electron chi connectivity index (χ3n) is 5.11. The van der Waals surface area contributed by atoms with Gasteiger partial charge in [0.2, 0.25) is 5.95 Å². The Labute approximate surface area is 192 Å². The van der Waals surface area contributed by atoms with E-state index in [-0.39, 0.29) is 11.8 Å². The SMILES string of the molecule is CCCCCCOc1ccccc1Nc1nc(Nc2ccc(CC)cc2)ncc1C(F)(F)F. The van der Waals surface area contributed by atoms with E-state index in [1.165, 1.54) is 0 Å². The van der Waals surface area contributed by atoms with Crippen molar-refractivity contribution < 1.29 is 17.9 Å². The van der Waals surface area contributed by atoms with Crippen molar-refractivity contribution >= 4 is 23.1 Å². The largest absolute Gasteiger partial charge is 0.491 e. The van der Waals surface area contributed by atoms with Crippen LogP contribution in [-0.2, 0) is 12.6 Å². The van der Waals surface area contributed by atoms with Gasteiger partial charge in [0.25, 0.3) is 0 Å². The number of rotatable bonds is 11. The Balaban J connectivity index is 1.82. The number of nitrogens with zero attached hydrogens (tertiary/aromatic N) is 2. The lowest BCUT2D eigenvalue weighted by Gasteiger charge is -2.17. The summed E-state index contributed by atoms with van der Waals surface area (Å²) in [6.45, 7) is 4.67. The zero-order valence-electron chi connectivity index (χ0n) is 18.9. The van der Waals surface area contributed by atoms with Crippen LogP contribution in [0.25, 0.3) is 0 Å². The van der Waals surface area contributed by atoms with Gasteiger partial charge in [-0.1, -0.05) is 57.4 Å². The number of halogens is 3. The van der Waals surface area contributed by atoms with Gasteiger partial charge < -0.3 is 15.4 Å². The molecule has 3 aromatic rings. The molecule has 0 radical (unpaired) electrons. The summed E-state index contributed by atoms with van der Waals surface area (Å²) >= 11 is 0. The highest BCUT2D eigenvalue weighted by molar-refractivity contribution is 5.67. The summed E-state index contributed by atoms with van der Waals surface area (Å²) in [4.78, 5) is 8.00. The number of nitrogens with one attached hydrogen (secondary N) is 2. The van der Waals surface area contributed by atoms with E-state index < -0.39 is 11.7 Å². The minimum atomic E-state index is -4.61. The molecule has 176 valence electrons. The molecule has 1 aromatic heterocycles. The summed E-state index contributed by atoms with van der Waals surface area (Å²) < 4.78 is 46.8. The molecule has 1 heterocycles. The molecule has 0 fully saturated rings. The summed E-state index contributed by atoms with van der Waals surface area (Å²) in [6.07, 6.45) is 1.23. The summed E-state index contributed by atoms with van der Waals surface area (Å²) in [5.41, 5.74) is 1.30. The Kier molecular flexibility index (Phi) is 8.52. The highest BCUT2D eigenvalue weighted by Crippen LogP contribution is 2.37. The van der Waals surface area contributed by atoms with Gasteiger partial charge in [0.05, 0.1) is 12.3 Å². The molecule has 5 nitrogen and oxygen atoms in total. The van der Waals surface area contributed by atoms with Gasteiger partial charge in [-0.2, -0.15) is 18.2 Å². The van der Waals surface area contributed by atoms with Crippen molar-refractivity contribution in [2.45, 2.75) is 52.1 Å². The van der Waals surface area contributed by atoms with Gasteiger partial charge in [-0.25, -0.2) is 4.98 Å². The number of aryl methyl sites for hydroxylation is 1. The molecule has 2 N–H and O–H groups in total. The summed E-state index contributed by atoms with van der Waals surface area (Å²) in [6, 6.07) is 14.5.